The Kier molecular flexibility index (Phi) is 2.95. The average Bonchev–Trinajstić information content (AvgIpc) is 3.18. The molecule has 0 aromatic heterocycles. The first kappa shape index (κ1) is 14.5. The second-order valence-electron chi connectivity index (χ2n) is 7.65. The first-order chi connectivity index (χ1) is 12.1. The van der Waals surface area contributed by atoms with Gasteiger partial charge < -0.3 is 0 Å². The van der Waals surface area contributed by atoms with Gasteiger partial charge in [-0.05, 0) is 62.7 Å². The van der Waals surface area contributed by atoms with Crippen LogP contribution < -0.4 is 0 Å². The van der Waals surface area contributed by atoms with Crippen molar-refractivity contribution in [2.45, 2.75) is 25.7 Å². The quantitative estimate of drug-likeness (QED) is 0.493. The SMILES string of the molecule is CC1(C)C2=C(C=C=C2)c2ccc(Cc3ccc4ccccc4c3)cc21. The molecule has 2 aliphatic rings. The molecular formula is C25H20. The summed E-state index contributed by atoms with van der Waals surface area (Å²) in [6.07, 6.45) is 5.26. The minimum Gasteiger partial charge on any atom is -0.120 e. The number of fused-ring (bicyclic) bond motifs is 3. The molecule has 0 unspecified atom stereocenters. The monoisotopic (exact) mass is 320 g/mol. The number of hydrogen-bond donors (Lipinski definition) is 0. The lowest BCUT2D eigenvalue weighted by Crippen LogP contribution is -2.16. The highest BCUT2D eigenvalue weighted by Gasteiger charge is 2.36. The highest BCUT2D eigenvalue weighted by Crippen LogP contribution is 2.48. The maximum Gasteiger partial charge on any atom is 0.0165 e. The molecule has 2 aliphatic carbocycles. The second-order valence-corrected chi connectivity index (χ2v) is 7.65. The molecule has 0 N–H and O–H groups in total. The first-order valence-corrected chi connectivity index (χ1v) is 8.92. The average molecular weight is 320 g/mol. The van der Waals surface area contributed by atoms with E-state index in [0.29, 0.717) is 0 Å². The number of rotatable bonds is 2. The van der Waals surface area contributed by atoms with Crippen LogP contribution in [0.5, 0.6) is 0 Å². The molecule has 3 aromatic rings. The van der Waals surface area contributed by atoms with Gasteiger partial charge in [-0.15, -0.1) is 5.73 Å². The Hall–Kier alpha value is -2.82. The Bertz CT molecular complexity index is 1120. The van der Waals surface area contributed by atoms with E-state index in [1.165, 1.54) is 44.2 Å². The fourth-order valence-corrected chi connectivity index (χ4v) is 4.29. The lowest BCUT2D eigenvalue weighted by atomic mass is 9.80. The Morgan fingerprint density at radius 2 is 1.56 bits per heavy atom. The highest BCUT2D eigenvalue weighted by atomic mass is 14.4. The topological polar surface area (TPSA) is 0 Å². The van der Waals surface area contributed by atoms with Gasteiger partial charge in [0.25, 0.3) is 0 Å². The van der Waals surface area contributed by atoms with Gasteiger partial charge in [-0.1, -0.05) is 74.5 Å². The fraction of sp³-hybridized carbons (Fsp3) is 0.160. The summed E-state index contributed by atoms with van der Waals surface area (Å²) in [4.78, 5) is 0. The predicted octanol–water partition coefficient (Wildman–Crippen LogP) is 6.20. The molecule has 0 spiro atoms. The maximum absolute atomic E-state index is 3.27. The van der Waals surface area contributed by atoms with Crippen LogP contribution >= 0.6 is 0 Å². The summed E-state index contributed by atoms with van der Waals surface area (Å²) < 4.78 is 0. The first-order valence-electron chi connectivity index (χ1n) is 8.92. The zero-order chi connectivity index (χ0) is 17.0. The second kappa shape index (κ2) is 5.09. The van der Waals surface area contributed by atoms with Gasteiger partial charge in [0.05, 0.1) is 0 Å². The standard InChI is InChI=1S/C25H20/c1-25(2)23-9-5-8-21(23)22-13-11-18(16-24(22)25)14-17-10-12-19-6-3-4-7-20(19)15-17/h3-4,6-13,15-16H,14H2,1-2H3. The van der Waals surface area contributed by atoms with Crippen molar-refractivity contribution < 1.29 is 0 Å². The maximum atomic E-state index is 3.27. The molecule has 0 heteroatoms. The molecule has 0 bridgehead atoms. The molecule has 0 saturated heterocycles. The zero-order valence-corrected chi connectivity index (χ0v) is 14.6. The molecule has 0 saturated carbocycles. The molecule has 0 nitrogen and oxygen atoms in total. The van der Waals surface area contributed by atoms with Gasteiger partial charge in [0.1, 0.15) is 0 Å². The smallest absolute Gasteiger partial charge is 0.0165 e. The van der Waals surface area contributed by atoms with Gasteiger partial charge in [0.2, 0.25) is 0 Å². The summed E-state index contributed by atoms with van der Waals surface area (Å²) in [6, 6.07) is 22.4. The predicted molar refractivity (Wildman–Crippen MR) is 106 cm³/mol. The summed E-state index contributed by atoms with van der Waals surface area (Å²) in [7, 11) is 0. The molecule has 0 heterocycles. The summed E-state index contributed by atoms with van der Waals surface area (Å²) in [6.45, 7) is 4.65. The van der Waals surface area contributed by atoms with E-state index in [-0.39, 0.29) is 5.41 Å². The molecule has 25 heavy (non-hydrogen) atoms. The van der Waals surface area contributed by atoms with E-state index in [1.54, 1.807) is 0 Å². The van der Waals surface area contributed by atoms with Crippen molar-refractivity contribution in [3.05, 3.63) is 106 Å². The van der Waals surface area contributed by atoms with Gasteiger partial charge in [-0.3, -0.25) is 0 Å². The molecule has 0 atom stereocenters. The Morgan fingerprint density at radius 3 is 2.44 bits per heavy atom. The van der Waals surface area contributed by atoms with E-state index in [9.17, 15) is 0 Å². The van der Waals surface area contributed by atoms with Crippen LogP contribution in [0.4, 0.5) is 0 Å². The molecule has 5 rings (SSSR count). The van der Waals surface area contributed by atoms with E-state index >= 15 is 0 Å². The molecule has 0 fully saturated rings. The molecule has 0 amide bonds. The van der Waals surface area contributed by atoms with Crippen molar-refractivity contribution in [1.29, 1.82) is 0 Å². The van der Waals surface area contributed by atoms with Crippen LogP contribution in [0, 0.1) is 0 Å². The van der Waals surface area contributed by atoms with Gasteiger partial charge in [0.15, 0.2) is 0 Å². The van der Waals surface area contributed by atoms with Crippen LogP contribution in [0.25, 0.3) is 16.3 Å². The van der Waals surface area contributed by atoms with Crippen molar-refractivity contribution in [3.63, 3.8) is 0 Å². The van der Waals surface area contributed by atoms with Crippen molar-refractivity contribution >= 4 is 16.3 Å². The van der Waals surface area contributed by atoms with Crippen LogP contribution in [0.2, 0.25) is 0 Å². The van der Waals surface area contributed by atoms with Crippen LogP contribution in [0.15, 0.2) is 84.1 Å². The summed E-state index contributed by atoms with van der Waals surface area (Å²) >= 11 is 0. The minimum absolute atomic E-state index is 0.0735. The van der Waals surface area contributed by atoms with E-state index in [1.807, 2.05) is 0 Å². The Balaban J connectivity index is 1.52. The number of allylic oxidation sites excluding steroid dienone is 3. The third kappa shape index (κ3) is 2.15. The van der Waals surface area contributed by atoms with Crippen molar-refractivity contribution in [3.8, 4) is 0 Å². The summed E-state index contributed by atoms with van der Waals surface area (Å²) in [5.74, 6) is 0. The van der Waals surface area contributed by atoms with Crippen LogP contribution in [-0.2, 0) is 11.8 Å². The largest absolute Gasteiger partial charge is 0.120 e. The molecule has 0 radical (unpaired) electrons. The van der Waals surface area contributed by atoms with Crippen LogP contribution in [-0.4, -0.2) is 0 Å². The van der Waals surface area contributed by atoms with Gasteiger partial charge >= 0.3 is 0 Å². The third-order valence-corrected chi connectivity index (χ3v) is 5.69. The van der Waals surface area contributed by atoms with Gasteiger partial charge in [0, 0.05) is 5.41 Å². The van der Waals surface area contributed by atoms with Crippen LogP contribution in [0.3, 0.4) is 0 Å². The van der Waals surface area contributed by atoms with E-state index in [2.05, 4.69) is 92.4 Å². The van der Waals surface area contributed by atoms with Gasteiger partial charge in [-0.25, -0.2) is 0 Å². The lowest BCUT2D eigenvalue weighted by Gasteiger charge is -2.22. The molecule has 0 aliphatic heterocycles. The van der Waals surface area contributed by atoms with Gasteiger partial charge in [-0.2, -0.15) is 0 Å². The van der Waals surface area contributed by atoms with Crippen molar-refractivity contribution in [2.24, 2.45) is 0 Å². The number of benzene rings is 3. The summed E-state index contributed by atoms with van der Waals surface area (Å²) in [5.41, 5.74) is 11.7. The molecule has 3 aromatic carbocycles. The third-order valence-electron chi connectivity index (χ3n) is 5.69. The van der Waals surface area contributed by atoms with Crippen molar-refractivity contribution in [1.82, 2.24) is 0 Å². The highest BCUT2D eigenvalue weighted by molar-refractivity contribution is 5.89. The normalized spacial score (nSPS) is 16.6. The van der Waals surface area contributed by atoms with E-state index in [0.717, 1.165) is 6.42 Å². The molecule has 120 valence electrons. The number of hydrogen-bond acceptors (Lipinski definition) is 0. The Morgan fingerprint density at radius 1 is 0.800 bits per heavy atom. The van der Waals surface area contributed by atoms with E-state index < -0.39 is 0 Å². The zero-order valence-electron chi connectivity index (χ0n) is 14.6. The van der Waals surface area contributed by atoms with Crippen molar-refractivity contribution in [2.75, 3.05) is 0 Å². The van der Waals surface area contributed by atoms with E-state index in [4.69, 9.17) is 0 Å². The van der Waals surface area contributed by atoms with Crippen LogP contribution in [0.1, 0.15) is 36.1 Å². The fourth-order valence-electron chi connectivity index (χ4n) is 4.29. The Labute approximate surface area is 148 Å². The molecular weight excluding hydrogens is 300 g/mol. The lowest BCUT2D eigenvalue weighted by molar-refractivity contribution is 0.654. The summed E-state index contributed by atoms with van der Waals surface area (Å²) in [5, 5.41) is 2.62. The minimum atomic E-state index is 0.0735.